The fourth-order valence-corrected chi connectivity index (χ4v) is 1.49. The van der Waals surface area contributed by atoms with Crippen LogP contribution in [0.1, 0.15) is 31.9 Å². The summed E-state index contributed by atoms with van der Waals surface area (Å²) < 4.78 is 5.09. The van der Waals surface area contributed by atoms with Gasteiger partial charge in [0.1, 0.15) is 6.10 Å². The quantitative estimate of drug-likeness (QED) is 0.825. The number of benzene rings is 1. The molecular formula is C12H17NO2. The van der Waals surface area contributed by atoms with Gasteiger partial charge in [-0.25, -0.2) is 4.79 Å². The van der Waals surface area contributed by atoms with Crippen LogP contribution in [0.15, 0.2) is 30.3 Å². The fourth-order valence-electron chi connectivity index (χ4n) is 1.49. The summed E-state index contributed by atoms with van der Waals surface area (Å²) >= 11 is 0. The van der Waals surface area contributed by atoms with E-state index in [2.05, 4.69) is 13.8 Å². The lowest BCUT2D eigenvalue weighted by Crippen LogP contribution is -2.18. The highest BCUT2D eigenvalue weighted by Crippen LogP contribution is 2.24. The molecule has 0 aliphatic heterocycles. The molecule has 0 radical (unpaired) electrons. The van der Waals surface area contributed by atoms with Crippen LogP contribution in [0.2, 0.25) is 0 Å². The minimum absolute atomic E-state index is 0.233. The van der Waals surface area contributed by atoms with Crippen molar-refractivity contribution >= 4 is 6.09 Å². The van der Waals surface area contributed by atoms with E-state index >= 15 is 0 Å². The van der Waals surface area contributed by atoms with Gasteiger partial charge in [0.15, 0.2) is 0 Å². The van der Waals surface area contributed by atoms with E-state index in [9.17, 15) is 4.79 Å². The summed E-state index contributed by atoms with van der Waals surface area (Å²) in [5.74, 6) is 0.453. The van der Waals surface area contributed by atoms with E-state index in [4.69, 9.17) is 10.5 Å². The van der Waals surface area contributed by atoms with Crippen LogP contribution in [0.25, 0.3) is 0 Å². The van der Waals surface area contributed by atoms with Crippen LogP contribution < -0.4 is 5.73 Å². The van der Waals surface area contributed by atoms with Gasteiger partial charge in [-0.3, -0.25) is 0 Å². The van der Waals surface area contributed by atoms with Crippen molar-refractivity contribution in [3.05, 3.63) is 35.9 Å². The zero-order valence-corrected chi connectivity index (χ0v) is 9.14. The van der Waals surface area contributed by atoms with Gasteiger partial charge in [0.2, 0.25) is 0 Å². The van der Waals surface area contributed by atoms with Crippen molar-refractivity contribution < 1.29 is 9.53 Å². The van der Waals surface area contributed by atoms with E-state index in [-0.39, 0.29) is 6.10 Å². The van der Waals surface area contributed by atoms with Gasteiger partial charge in [0, 0.05) is 0 Å². The molecular weight excluding hydrogens is 190 g/mol. The first-order valence-corrected chi connectivity index (χ1v) is 5.10. The third-order valence-corrected chi connectivity index (χ3v) is 2.12. The van der Waals surface area contributed by atoms with Crippen LogP contribution >= 0.6 is 0 Å². The molecule has 3 heteroatoms. The maximum atomic E-state index is 10.8. The average molecular weight is 207 g/mol. The van der Waals surface area contributed by atoms with E-state index in [1.54, 1.807) is 0 Å². The molecule has 0 aliphatic carbocycles. The largest absolute Gasteiger partial charge is 0.442 e. The van der Waals surface area contributed by atoms with Crippen molar-refractivity contribution in [1.29, 1.82) is 0 Å². The molecule has 2 N–H and O–H groups in total. The van der Waals surface area contributed by atoms with Crippen molar-refractivity contribution in [2.45, 2.75) is 26.4 Å². The second-order valence-corrected chi connectivity index (χ2v) is 3.97. The number of hydrogen-bond donors (Lipinski definition) is 1. The average Bonchev–Trinajstić information content (AvgIpc) is 2.17. The normalized spacial score (nSPS) is 12.5. The van der Waals surface area contributed by atoms with Crippen LogP contribution in [-0.2, 0) is 4.74 Å². The smallest absolute Gasteiger partial charge is 0.405 e. The highest BCUT2D eigenvalue weighted by Gasteiger charge is 2.16. The maximum absolute atomic E-state index is 10.8. The second kappa shape index (κ2) is 5.39. The molecule has 0 bridgehead atoms. The number of carbonyl (C=O) groups is 1. The zero-order chi connectivity index (χ0) is 11.3. The number of nitrogens with two attached hydrogens (primary N) is 1. The highest BCUT2D eigenvalue weighted by atomic mass is 16.6. The van der Waals surface area contributed by atoms with Gasteiger partial charge in [-0.05, 0) is 17.9 Å². The minimum Gasteiger partial charge on any atom is -0.442 e. The molecule has 1 atom stereocenters. The van der Waals surface area contributed by atoms with Gasteiger partial charge in [-0.2, -0.15) is 0 Å². The molecule has 1 aromatic rings. The number of ether oxygens (including phenoxy) is 1. The van der Waals surface area contributed by atoms with Crippen molar-refractivity contribution in [1.82, 2.24) is 0 Å². The highest BCUT2D eigenvalue weighted by molar-refractivity contribution is 5.65. The van der Waals surface area contributed by atoms with Crippen LogP contribution in [0.3, 0.4) is 0 Å². The second-order valence-electron chi connectivity index (χ2n) is 3.97. The summed E-state index contributed by atoms with van der Waals surface area (Å²) in [5, 5.41) is 0. The van der Waals surface area contributed by atoms with Crippen molar-refractivity contribution in [3.8, 4) is 0 Å². The van der Waals surface area contributed by atoms with Gasteiger partial charge in [0.25, 0.3) is 0 Å². The molecule has 3 nitrogen and oxygen atoms in total. The van der Waals surface area contributed by atoms with E-state index < -0.39 is 6.09 Å². The van der Waals surface area contributed by atoms with Crippen LogP contribution in [0.5, 0.6) is 0 Å². The molecule has 1 rings (SSSR count). The van der Waals surface area contributed by atoms with E-state index in [0.29, 0.717) is 5.92 Å². The summed E-state index contributed by atoms with van der Waals surface area (Å²) in [7, 11) is 0. The molecule has 0 heterocycles. The van der Waals surface area contributed by atoms with E-state index in [1.165, 1.54) is 0 Å². The van der Waals surface area contributed by atoms with Gasteiger partial charge in [-0.15, -0.1) is 0 Å². The molecule has 1 aromatic carbocycles. The Morgan fingerprint density at radius 3 is 2.40 bits per heavy atom. The lowest BCUT2D eigenvalue weighted by atomic mass is 9.99. The zero-order valence-electron chi connectivity index (χ0n) is 9.14. The van der Waals surface area contributed by atoms with Gasteiger partial charge < -0.3 is 10.5 Å². The molecule has 0 saturated carbocycles. The molecule has 0 saturated heterocycles. The summed E-state index contributed by atoms with van der Waals surface area (Å²) in [6, 6.07) is 9.66. The molecule has 0 aliphatic rings. The first kappa shape index (κ1) is 11.6. The van der Waals surface area contributed by atoms with Crippen molar-refractivity contribution in [2.24, 2.45) is 11.7 Å². The third kappa shape index (κ3) is 4.02. The Morgan fingerprint density at radius 1 is 1.33 bits per heavy atom. The number of hydrogen-bond acceptors (Lipinski definition) is 2. The maximum Gasteiger partial charge on any atom is 0.405 e. The predicted octanol–water partition coefficient (Wildman–Crippen LogP) is 2.87. The Morgan fingerprint density at radius 2 is 1.93 bits per heavy atom. The Kier molecular flexibility index (Phi) is 4.16. The molecule has 0 aromatic heterocycles. The van der Waals surface area contributed by atoms with Gasteiger partial charge in [-0.1, -0.05) is 44.2 Å². The molecule has 0 unspecified atom stereocenters. The van der Waals surface area contributed by atoms with Crippen LogP contribution in [0, 0.1) is 5.92 Å². The van der Waals surface area contributed by atoms with Crippen molar-refractivity contribution in [2.75, 3.05) is 0 Å². The molecule has 1 amide bonds. The minimum atomic E-state index is -0.718. The number of amides is 1. The number of carbonyl (C=O) groups excluding carboxylic acids is 1. The molecule has 0 fully saturated rings. The van der Waals surface area contributed by atoms with Crippen LogP contribution in [0.4, 0.5) is 4.79 Å². The Bertz CT molecular complexity index is 309. The fraction of sp³-hybridized carbons (Fsp3) is 0.417. The topological polar surface area (TPSA) is 52.3 Å². The lowest BCUT2D eigenvalue weighted by molar-refractivity contribution is 0.0934. The Hall–Kier alpha value is -1.51. The van der Waals surface area contributed by atoms with E-state index in [1.807, 2.05) is 30.3 Å². The molecule has 82 valence electrons. The summed E-state index contributed by atoms with van der Waals surface area (Å²) in [6.07, 6.45) is -0.166. The standard InChI is InChI=1S/C12H17NO2/c1-9(2)8-11(15-12(13)14)10-6-4-3-5-7-10/h3-7,9,11H,8H2,1-2H3,(H2,13,14)/t11-/m1/s1. The summed E-state index contributed by atoms with van der Waals surface area (Å²) in [5.41, 5.74) is 6.04. The van der Waals surface area contributed by atoms with Gasteiger partial charge in [0.05, 0.1) is 0 Å². The van der Waals surface area contributed by atoms with Gasteiger partial charge >= 0.3 is 6.09 Å². The Labute approximate surface area is 90.2 Å². The van der Waals surface area contributed by atoms with Crippen LogP contribution in [-0.4, -0.2) is 6.09 Å². The lowest BCUT2D eigenvalue weighted by Gasteiger charge is -2.18. The third-order valence-electron chi connectivity index (χ3n) is 2.12. The SMILES string of the molecule is CC(C)C[C@@H](OC(N)=O)c1ccccc1. The van der Waals surface area contributed by atoms with Crippen molar-refractivity contribution in [3.63, 3.8) is 0 Å². The molecule has 0 spiro atoms. The summed E-state index contributed by atoms with van der Waals surface area (Å²) in [6.45, 7) is 4.17. The first-order valence-electron chi connectivity index (χ1n) is 5.10. The summed E-state index contributed by atoms with van der Waals surface area (Å²) in [4.78, 5) is 10.8. The predicted molar refractivity (Wildman–Crippen MR) is 59.3 cm³/mol. The number of rotatable bonds is 4. The first-order chi connectivity index (χ1) is 7.09. The van der Waals surface area contributed by atoms with E-state index in [0.717, 1.165) is 12.0 Å². The Balaban J connectivity index is 2.76. The number of primary amides is 1. The monoisotopic (exact) mass is 207 g/mol. The molecule has 15 heavy (non-hydrogen) atoms.